The maximum Gasteiger partial charge on any atom is 0.188 e. The van der Waals surface area contributed by atoms with E-state index in [0.29, 0.717) is 4.88 Å². The van der Waals surface area contributed by atoms with Gasteiger partial charge in [-0.3, -0.25) is 4.79 Å². The van der Waals surface area contributed by atoms with Crippen LogP contribution in [0.4, 0.5) is 4.39 Å². The van der Waals surface area contributed by atoms with Crippen LogP contribution in [-0.2, 0) is 9.84 Å². The number of carbonyl (C=O) groups excluding carboxylic acids is 1. The van der Waals surface area contributed by atoms with E-state index in [4.69, 9.17) is 0 Å². The Morgan fingerprint density at radius 2 is 1.79 bits per heavy atom. The Labute approximate surface area is 122 Å². The van der Waals surface area contributed by atoms with E-state index in [1.54, 1.807) is 12.1 Å². The lowest BCUT2D eigenvalue weighted by molar-refractivity contribution is 0.102. The zero-order valence-corrected chi connectivity index (χ0v) is 12.7. The van der Waals surface area contributed by atoms with Gasteiger partial charge in [-0.1, -0.05) is 0 Å². The molecule has 0 unspecified atom stereocenters. The Kier molecular flexibility index (Phi) is 4.17. The third kappa shape index (κ3) is 3.49. The van der Waals surface area contributed by atoms with Crippen LogP contribution in [0.25, 0.3) is 0 Å². The van der Waals surface area contributed by atoms with Gasteiger partial charge in [0, 0.05) is 0 Å². The Morgan fingerprint density at radius 1 is 1.16 bits per heavy atom. The van der Waals surface area contributed by atoms with E-state index in [9.17, 15) is 17.6 Å². The Hall–Kier alpha value is -1.05. The van der Waals surface area contributed by atoms with Crippen molar-refractivity contribution in [1.82, 2.24) is 0 Å². The van der Waals surface area contributed by atoms with E-state index in [0.717, 1.165) is 28.1 Å². The van der Waals surface area contributed by atoms with Crippen molar-refractivity contribution in [2.45, 2.75) is 4.90 Å². The number of carbonyl (C=O) groups is 1. The predicted molar refractivity (Wildman–Crippen MR) is 74.8 cm³/mol. The van der Waals surface area contributed by atoms with Crippen molar-refractivity contribution in [3.8, 4) is 0 Å². The summed E-state index contributed by atoms with van der Waals surface area (Å²) in [6.07, 6.45) is 0. The van der Waals surface area contributed by atoms with Crippen molar-refractivity contribution < 1.29 is 17.6 Å². The Bertz CT molecular complexity index is 705. The highest BCUT2D eigenvalue weighted by Gasteiger charge is 2.21. The highest BCUT2D eigenvalue weighted by atomic mass is 79.9. The Balaban J connectivity index is 2.22. The van der Waals surface area contributed by atoms with Crippen LogP contribution in [0.5, 0.6) is 0 Å². The summed E-state index contributed by atoms with van der Waals surface area (Å²) in [6, 6.07) is 7.67. The van der Waals surface area contributed by atoms with Gasteiger partial charge in [0.25, 0.3) is 0 Å². The third-order valence-electron chi connectivity index (χ3n) is 2.34. The molecule has 2 aromatic rings. The van der Waals surface area contributed by atoms with Crippen LogP contribution in [0.2, 0.25) is 0 Å². The van der Waals surface area contributed by atoms with E-state index in [1.165, 1.54) is 11.3 Å². The largest absolute Gasteiger partial charge is 0.292 e. The zero-order chi connectivity index (χ0) is 14.0. The number of hydrogen-bond donors (Lipinski definition) is 0. The van der Waals surface area contributed by atoms with Gasteiger partial charge >= 0.3 is 0 Å². The summed E-state index contributed by atoms with van der Waals surface area (Å²) in [4.78, 5) is 12.2. The number of rotatable bonds is 4. The second-order valence-electron chi connectivity index (χ2n) is 3.74. The first-order chi connectivity index (χ1) is 8.88. The first-order valence-electron chi connectivity index (χ1n) is 5.15. The second kappa shape index (κ2) is 5.52. The number of halogens is 2. The van der Waals surface area contributed by atoms with Crippen molar-refractivity contribution in [2.24, 2.45) is 0 Å². The lowest BCUT2D eigenvalue weighted by atomic mass is 10.3. The van der Waals surface area contributed by atoms with Crippen molar-refractivity contribution in [1.29, 1.82) is 0 Å². The molecule has 0 aliphatic carbocycles. The van der Waals surface area contributed by atoms with Crippen molar-refractivity contribution >= 4 is 42.9 Å². The summed E-state index contributed by atoms with van der Waals surface area (Å²) >= 11 is 4.38. The van der Waals surface area contributed by atoms with E-state index in [2.05, 4.69) is 15.9 Å². The van der Waals surface area contributed by atoms with Crippen LogP contribution < -0.4 is 0 Å². The van der Waals surface area contributed by atoms with Crippen LogP contribution in [0.15, 0.2) is 45.1 Å². The molecule has 7 heteroatoms. The fourth-order valence-corrected chi connectivity index (χ4v) is 4.07. The van der Waals surface area contributed by atoms with Gasteiger partial charge in [0.2, 0.25) is 0 Å². The van der Waals surface area contributed by atoms with Crippen molar-refractivity contribution in [2.75, 3.05) is 5.75 Å². The average molecular weight is 363 g/mol. The van der Waals surface area contributed by atoms with Gasteiger partial charge < -0.3 is 0 Å². The number of ketones is 1. The van der Waals surface area contributed by atoms with E-state index >= 15 is 0 Å². The molecule has 1 aromatic heterocycles. The summed E-state index contributed by atoms with van der Waals surface area (Å²) in [5, 5.41) is 0. The van der Waals surface area contributed by atoms with Gasteiger partial charge in [-0.15, -0.1) is 11.3 Å². The lowest BCUT2D eigenvalue weighted by Gasteiger charge is -2.02. The molecule has 0 amide bonds. The quantitative estimate of drug-likeness (QED) is 0.619. The molecule has 0 radical (unpaired) electrons. The maximum atomic E-state index is 12.7. The molecular weight excluding hydrogens is 355 g/mol. The monoisotopic (exact) mass is 362 g/mol. The number of thiophene rings is 1. The van der Waals surface area contributed by atoms with Crippen LogP contribution in [0.3, 0.4) is 0 Å². The molecule has 100 valence electrons. The maximum absolute atomic E-state index is 12.7. The number of hydrogen-bond acceptors (Lipinski definition) is 4. The van der Waals surface area contributed by atoms with Gasteiger partial charge in [0.1, 0.15) is 11.6 Å². The van der Waals surface area contributed by atoms with Crippen LogP contribution in [0, 0.1) is 5.82 Å². The van der Waals surface area contributed by atoms with E-state index in [1.807, 2.05) is 0 Å². The minimum Gasteiger partial charge on any atom is -0.292 e. The molecule has 2 rings (SSSR count). The fraction of sp³-hybridized carbons (Fsp3) is 0.0833. The number of benzene rings is 1. The summed E-state index contributed by atoms with van der Waals surface area (Å²) in [5.41, 5.74) is 0. The second-order valence-corrected chi connectivity index (χ2v) is 8.19. The first kappa shape index (κ1) is 14.4. The molecule has 0 saturated carbocycles. The summed E-state index contributed by atoms with van der Waals surface area (Å²) in [5.74, 6) is -1.61. The fourth-order valence-electron chi connectivity index (χ4n) is 1.43. The number of Topliss-reactive ketones (excluding diaryl/α,β-unsaturated/α-hetero) is 1. The predicted octanol–water partition coefficient (Wildman–Crippen LogP) is 3.31. The third-order valence-corrected chi connectivity index (χ3v) is 5.64. The zero-order valence-electron chi connectivity index (χ0n) is 9.47. The van der Waals surface area contributed by atoms with Crippen LogP contribution in [-0.4, -0.2) is 20.0 Å². The lowest BCUT2D eigenvalue weighted by Crippen LogP contribution is -2.15. The van der Waals surface area contributed by atoms with Crippen LogP contribution in [0.1, 0.15) is 9.67 Å². The molecule has 0 aliphatic heterocycles. The molecule has 3 nitrogen and oxygen atoms in total. The van der Waals surface area contributed by atoms with Gasteiger partial charge in [-0.2, -0.15) is 0 Å². The SMILES string of the molecule is O=C(CS(=O)(=O)c1ccc(F)cc1)c1ccc(Br)s1. The minimum absolute atomic E-state index is 0.0575. The molecule has 0 saturated heterocycles. The molecule has 19 heavy (non-hydrogen) atoms. The molecule has 0 atom stereocenters. The average Bonchev–Trinajstić information content (AvgIpc) is 2.76. The highest BCUT2D eigenvalue weighted by Crippen LogP contribution is 2.23. The normalized spacial score (nSPS) is 11.5. The van der Waals surface area contributed by atoms with Crippen molar-refractivity contribution in [3.63, 3.8) is 0 Å². The van der Waals surface area contributed by atoms with E-state index in [-0.39, 0.29) is 4.90 Å². The standard InChI is InChI=1S/C12H8BrFO3S2/c13-12-6-5-11(18-12)10(15)7-19(16,17)9-3-1-8(14)2-4-9/h1-6H,7H2. The minimum atomic E-state index is -3.74. The van der Waals surface area contributed by atoms with Gasteiger partial charge in [-0.25, -0.2) is 12.8 Å². The van der Waals surface area contributed by atoms with Crippen LogP contribution >= 0.6 is 27.3 Å². The van der Waals surface area contributed by atoms with Crippen molar-refractivity contribution in [3.05, 3.63) is 50.9 Å². The molecule has 0 fully saturated rings. The number of sulfone groups is 1. The van der Waals surface area contributed by atoms with Gasteiger partial charge in [-0.05, 0) is 52.3 Å². The topological polar surface area (TPSA) is 51.2 Å². The molecule has 0 bridgehead atoms. The highest BCUT2D eigenvalue weighted by molar-refractivity contribution is 9.11. The van der Waals surface area contributed by atoms with E-state index < -0.39 is 27.2 Å². The summed E-state index contributed by atoms with van der Waals surface area (Å²) in [7, 11) is -3.74. The molecule has 1 aromatic carbocycles. The molecule has 1 heterocycles. The molecule has 0 N–H and O–H groups in total. The summed E-state index contributed by atoms with van der Waals surface area (Å²) < 4.78 is 37.5. The van der Waals surface area contributed by atoms with Gasteiger partial charge in [0.05, 0.1) is 13.6 Å². The van der Waals surface area contributed by atoms with Gasteiger partial charge in [0.15, 0.2) is 15.6 Å². The molecule has 0 spiro atoms. The smallest absolute Gasteiger partial charge is 0.188 e. The first-order valence-corrected chi connectivity index (χ1v) is 8.41. The molecule has 0 aliphatic rings. The molecular formula is C12H8BrFO3S2. The Morgan fingerprint density at radius 3 is 2.32 bits per heavy atom. The summed E-state index contributed by atoms with van der Waals surface area (Å²) in [6.45, 7) is 0.